The molecular weight excluding hydrogens is 490 g/mol. The highest BCUT2D eigenvalue weighted by molar-refractivity contribution is 5.88. The SMILES string of the molecule is COc1ccncc1-c1cc2c(cnn2-c2cc3c(nc(N4CCN(C)C[C@@H]4C)n3C)c(C(C)C)n2)c(C)n1. The van der Waals surface area contributed by atoms with Gasteiger partial charge in [0.05, 0.1) is 41.3 Å². The summed E-state index contributed by atoms with van der Waals surface area (Å²) >= 11 is 0. The van der Waals surface area contributed by atoms with Gasteiger partial charge in [0.15, 0.2) is 5.82 Å². The van der Waals surface area contributed by atoms with E-state index >= 15 is 0 Å². The average molecular weight is 526 g/mol. The molecule has 0 spiro atoms. The average Bonchev–Trinajstić information content (AvgIpc) is 3.49. The smallest absolute Gasteiger partial charge is 0.206 e. The summed E-state index contributed by atoms with van der Waals surface area (Å²) in [7, 11) is 5.94. The van der Waals surface area contributed by atoms with Gasteiger partial charge in [0, 0.05) is 62.3 Å². The molecule has 0 unspecified atom stereocenters. The number of rotatable bonds is 5. The second kappa shape index (κ2) is 9.60. The Balaban J connectivity index is 1.53. The summed E-state index contributed by atoms with van der Waals surface area (Å²) in [5.41, 5.74) is 6.40. The fraction of sp³-hybridized carbons (Fsp3) is 0.414. The number of likely N-dealkylation sites (N-methyl/N-ethyl adjacent to an activating group) is 1. The van der Waals surface area contributed by atoms with Crippen molar-refractivity contribution in [1.82, 2.24) is 39.2 Å². The summed E-state index contributed by atoms with van der Waals surface area (Å²) in [6, 6.07) is 6.36. The first kappa shape index (κ1) is 25.2. The number of aromatic nitrogens is 7. The van der Waals surface area contributed by atoms with Gasteiger partial charge in [-0.1, -0.05) is 13.8 Å². The maximum atomic E-state index is 5.59. The van der Waals surface area contributed by atoms with E-state index < -0.39 is 0 Å². The molecule has 1 aliphatic rings. The fourth-order valence-electron chi connectivity index (χ4n) is 5.64. The first-order valence-corrected chi connectivity index (χ1v) is 13.4. The Bertz CT molecular complexity index is 1690. The van der Waals surface area contributed by atoms with Crippen LogP contribution in [0, 0.1) is 6.92 Å². The van der Waals surface area contributed by atoms with Crippen LogP contribution in [-0.4, -0.2) is 79.0 Å². The van der Waals surface area contributed by atoms with Gasteiger partial charge >= 0.3 is 0 Å². The van der Waals surface area contributed by atoms with E-state index in [0.29, 0.717) is 6.04 Å². The second-order valence-electron chi connectivity index (χ2n) is 10.8. The van der Waals surface area contributed by atoms with Crippen LogP contribution < -0.4 is 9.64 Å². The van der Waals surface area contributed by atoms with Crippen LogP contribution >= 0.6 is 0 Å². The van der Waals surface area contributed by atoms with Crippen molar-refractivity contribution in [1.29, 1.82) is 0 Å². The lowest BCUT2D eigenvalue weighted by Gasteiger charge is -2.38. The standard InChI is InChI=1S/C29H35N9O/c1-17(2)27-28-24(36(6)29(34-28)37-11-10-35(5)16-18(37)3)13-26(33-27)38-23-12-22(32-19(4)20(23)15-31-38)21-14-30-9-8-25(21)39-7/h8-9,12-15,17-18H,10-11,16H2,1-7H3/t18-/m0/s1. The highest BCUT2D eigenvalue weighted by atomic mass is 16.5. The zero-order valence-corrected chi connectivity index (χ0v) is 23.7. The number of ether oxygens (including phenoxy) is 1. The van der Waals surface area contributed by atoms with Gasteiger partial charge in [0.1, 0.15) is 11.3 Å². The van der Waals surface area contributed by atoms with Crippen molar-refractivity contribution in [3.63, 3.8) is 0 Å². The summed E-state index contributed by atoms with van der Waals surface area (Å²) in [5, 5.41) is 5.76. The van der Waals surface area contributed by atoms with Gasteiger partial charge in [-0.05, 0) is 38.9 Å². The van der Waals surface area contributed by atoms with Crippen LogP contribution in [-0.2, 0) is 7.05 Å². The van der Waals surface area contributed by atoms with Gasteiger partial charge < -0.3 is 19.1 Å². The summed E-state index contributed by atoms with van der Waals surface area (Å²) in [6.07, 6.45) is 5.36. The van der Waals surface area contributed by atoms with Crippen molar-refractivity contribution in [3.8, 4) is 22.8 Å². The molecule has 1 atom stereocenters. The maximum Gasteiger partial charge on any atom is 0.206 e. The molecule has 0 saturated carbocycles. The Morgan fingerprint density at radius 1 is 1.03 bits per heavy atom. The van der Waals surface area contributed by atoms with E-state index in [0.717, 1.165) is 81.7 Å². The van der Waals surface area contributed by atoms with Crippen molar-refractivity contribution >= 4 is 27.9 Å². The Labute approximate surface area is 228 Å². The van der Waals surface area contributed by atoms with Crippen molar-refractivity contribution < 1.29 is 4.74 Å². The molecule has 0 aromatic carbocycles. The molecular formula is C29H35N9O. The molecule has 5 aromatic heterocycles. The van der Waals surface area contributed by atoms with Crippen LogP contribution in [0.2, 0.25) is 0 Å². The van der Waals surface area contributed by atoms with Crippen LogP contribution in [0.15, 0.2) is 36.8 Å². The Morgan fingerprint density at radius 2 is 1.85 bits per heavy atom. The lowest BCUT2D eigenvalue weighted by molar-refractivity contribution is 0.273. The van der Waals surface area contributed by atoms with Crippen molar-refractivity contribution in [2.45, 2.75) is 39.7 Å². The number of methoxy groups -OCH3 is 1. The van der Waals surface area contributed by atoms with E-state index in [1.165, 1.54) is 0 Å². The summed E-state index contributed by atoms with van der Waals surface area (Å²) in [5.74, 6) is 2.67. The number of nitrogens with zero attached hydrogens (tertiary/aromatic N) is 9. The van der Waals surface area contributed by atoms with Crippen molar-refractivity contribution in [2.24, 2.45) is 7.05 Å². The first-order chi connectivity index (χ1) is 18.8. The van der Waals surface area contributed by atoms with Crippen molar-refractivity contribution in [2.75, 3.05) is 38.7 Å². The first-order valence-electron chi connectivity index (χ1n) is 13.4. The lowest BCUT2D eigenvalue weighted by Crippen LogP contribution is -2.51. The molecule has 5 aromatic rings. The molecule has 202 valence electrons. The van der Waals surface area contributed by atoms with Crippen LogP contribution in [0.5, 0.6) is 5.75 Å². The molecule has 1 aliphatic heterocycles. The zero-order valence-electron chi connectivity index (χ0n) is 23.7. The number of imidazole rings is 1. The number of hydrogen-bond donors (Lipinski definition) is 0. The van der Waals surface area contributed by atoms with Crippen LogP contribution in [0.1, 0.15) is 38.1 Å². The van der Waals surface area contributed by atoms with Crippen LogP contribution in [0.3, 0.4) is 0 Å². The maximum absolute atomic E-state index is 5.59. The Hall–Kier alpha value is -4.05. The minimum atomic E-state index is 0.195. The van der Waals surface area contributed by atoms with E-state index in [9.17, 15) is 0 Å². The largest absolute Gasteiger partial charge is 0.496 e. The van der Waals surface area contributed by atoms with Gasteiger partial charge in [-0.15, -0.1) is 0 Å². The minimum absolute atomic E-state index is 0.195. The van der Waals surface area contributed by atoms with Crippen LogP contribution in [0.4, 0.5) is 5.95 Å². The third kappa shape index (κ3) is 4.19. The zero-order chi connectivity index (χ0) is 27.4. The highest BCUT2D eigenvalue weighted by Gasteiger charge is 2.27. The van der Waals surface area contributed by atoms with E-state index in [4.69, 9.17) is 24.8 Å². The number of anilines is 1. The third-order valence-corrected chi connectivity index (χ3v) is 7.75. The molecule has 1 saturated heterocycles. The number of aryl methyl sites for hydroxylation is 2. The van der Waals surface area contributed by atoms with E-state index in [-0.39, 0.29) is 5.92 Å². The molecule has 0 bridgehead atoms. The van der Waals surface area contributed by atoms with E-state index in [1.807, 2.05) is 29.9 Å². The topological polar surface area (TPSA) is 90.0 Å². The number of fused-ring (bicyclic) bond motifs is 2. The predicted octanol–water partition coefficient (Wildman–Crippen LogP) is 4.34. The lowest BCUT2D eigenvalue weighted by atomic mass is 10.1. The Kier molecular flexibility index (Phi) is 6.22. The summed E-state index contributed by atoms with van der Waals surface area (Å²) in [6.45, 7) is 11.6. The number of piperazine rings is 1. The second-order valence-corrected chi connectivity index (χ2v) is 10.8. The quantitative estimate of drug-likeness (QED) is 0.335. The molecule has 39 heavy (non-hydrogen) atoms. The number of hydrogen-bond acceptors (Lipinski definition) is 8. The van der Waals surface area contributed by atoms with Gasteiger partial charge in [-0.25, -0.2) is 14.6 Å². The van der Waals surface area contributed by atoms with E-state index in [2.05, 4.69) is 60.3 Å². The molecule has 6 rings (SSSR count). The molecule has 0 radical (unpaired) electrons. The fourth-order valence-corrected chi connectivity index (χ4v) is 5.64. The molecule has 10 nitrogen and oxygen atoms in total. The molecule has 6 heterocycles. The monoisotopic (exact) mass is 525 g/mol. The third-order valence-electron chi connectivity index (χ3n) is 7.75. The number of pyridine rings is 3. The van der Waals surface area contributed by atoms with Gasteiger partial charge in [-0.2, -0.15) is 5.10 Å². The predicted molar refractivity (Wildman–Crippen MR) is 154 cm³/mol. The van der Waals surface area contributed by atoms with E-state index in [1.54, 1.807) is 19.5 Å². The van der Waals surface area contributed by atoms with Crippen LogP contribution in [0.25, 0.3) is 39.0 Å². The van der Waals surface area contributed by atoms with Gasteiger partial charge in [0.2, 0.25) is 5.95 Å². The molecule has 0 N–H and O–H groups in total. The van der Waals surface area contributed by atoms with Gasteiger partial charge in [0.25, 0.3) is 0 Å². The van der Waals surface area contributed by atoms with Crippen molar-refractivity contribution in [3.05, 3.63) is 48.2 Å². The Morgan fingerprint density at radius 3 is 2.59 bits per heavy atom. The normalized spacial score (nSPS) is 16.6. The minimum Gasteiger partial charge on any atom is -0.496 e. The molecule has 0 aliphatic carbocycles. The molecule has 0 amide bonds. The van der Waals surface area contributed by atoms with Gasteiger partial charge in [-0.3, -0.25) is 9.97 Å². The molecule has 10 heteroatoms. The summed E-state index contributed by atoms with van der Waals surface area (Å²) in [4.78, 5) is 24.2. The summed E-state index contributed by atoms with van der Waals surface area (Å²) < 4.78 is 9.70. The molecule has 1 fully saturated rings. The highest BCUT2D eigenvalue weighted by Crippen LogP contribution is 2.33.